The van der Waals surface area contributed by atoms with Crippen LogP contribution in [0.3, 0.4) is 0 Å². The van der Waals surface area contributed by atoms with Crippen LogP contribution >= 0.6 is 15.9 Å². The lowest BCUT2D eigenvalue weighted by Crippen LogP contribution is -2.23. The molecule has 0 aliphatic carbocycles. The molecule has 1 aromatic carbocycles. The van der Waals surface area contributed by atoms with Crippen molar-refractivity contribution < 1.29 is 9.18 Å². The molecule has 1 aromatic heterocycles. The summed E-state index contributed by atoms with van der Waals surface area (Å²) in [7, 11) is 0. The molecule has 2 N–H and O–H groups in total. The van der Waals surface area contributed by atoms with Crippen LogP contribution in [0.25, 0.3) is 0 Å². The summed E-state index contributed by atoms with van der Waals surface area (Å²) in [6, 6.07) is 5.95. The van der Waals surface area contributed by atoms with Gasteiger partial charge in [0.15, 0.2) is 0 Å². The lowest BCUT2D eigenvalue weighted by Gasteiger charge is -2.04. The molecule has 88 valence electrons. The Balaban J connectivity index is 1.97. The number of hydrogen-bond donors (Lipinski definition) is 2. The number of carbonyl (C=O) groups excluding carboxylic acids is 1. The Morgan fingerprint density at radius 1 is 1.41 bits per heavy atom. The second-order valence-corrected chi connectivity index (χ2v) is 4.26. The molecule has 0 saturated carbocycles. The third-order valence-electron chi connectivity index (χ3n) is 2.19. The summed E-state index contributed by atoms with van der Waals surface area (Å²) in [5.41, 5.74) is 1.20. The number of aromatic nitrogens is 2. The first kappa shape index (κ1) is 11.8. The molecule has 0 spiro atoms. The van der Waals surface area contributed by atoms with Gasteiger partial charge < -0.3 is 5.32 Å². The predicted octanol–water partition coefficient (Wildman–Crippen LogP) is 2.24. The van der Waals surface area contributed by atoms with E-state index in [1.807, 2.05) is 0 Å². The quantitative estimate of drug-likeness (QED) is 0.913. The topological polar surface area (TPSA) is 57.8 Å². The molecule has 0 aliphatic heterocycles. The van der Waals surface area contributed by atoms with Crippen LogP contribution in [0.2, 0.25) is 0 Å². The molecule has 1 heterocycles. The number of benzene rings is 1. The molecule has 0 atom stereocenters. The highest BCUT2D eigenvalue weighted by Crippen LogP contribution is 2.12. The largest absolute Gasteiger partial charge is 0.347 e. The number of halogens is 2. The molecule has 0 fully saturated rings. The minimum atomic E-state index is -0.295. The van der Waals surface area contributed by atoms with Crippen molar-refractivity contribution in [3.05, 3.63) is 52.0 Å². The van der Waals surface area contributed by atoms with Gasteiger partial charge in [0.05, 0.1) is 10.7 Å². The Kier molecular flexibility index (Phi) is 3.53. The number of H-pyrrole nitrogens is 1. The minimum absolute atomic E-state index is 0.265. The monoisotopic (exact) mass is 297 g/mol. The van der Waals surface area contributed by atoms with Gasteiger partial charge in [0, 0.05) is 6.54 Å². The van der Waals surface area contributed by atoms with Crippen molar-refractivity contribution in [2.75, 3.05) is 0 Å². The Bertz CT molecular complexity index is 524. The van der Waals surface area contributed by atoms with Gasteiger partial charge in [-0.05, 0) is 33.6 Å². The van der Waals surface area contributed by atoms with E-state index in [1.54, 1.807) is 12.1 Å². The average Bonchev–Trinajstić information content (AvgIpc) is 2.74. The van der Waals surface area contributed by atoms with Crippen LogP contribution in [0.5, 0.6) is 0 Å². The van der Waals surface area contributed by atoms with E-state index in [-0.39, 0.29) is 11.7 Å². The maximum Gasteiger partial charge on any atom is 0.270 e. The van der Waals surface area contributed by atoms with E-state index in [2.05, 4.69) is 31.4 Å². The van der Waals surface area contributed by atoms with Crippen molar-refractivity contribution in [2.45, 2.75) is 6.54 Å². The zero-order valence-electron chi connectivity index (χ0n) is 8.71. The van der Waals surface area contributed by atoms with Gasteiger partial charge in [-0.25, -0.2) is 4.39 Å². The van der Waals surface area contributed by atoms with Gasteiger partial charge in [-0.1, -0.05) is 12.1 Å². The summed E-state index contributed by atoms with van der Waals surface area (Å²) in [4.78, 5) is 11.7. The second-order valence-electron chi connectivity index (χ2n) is 3.40. The maximum atomic E-state index is 12.7. The summed E-state index contributed by atoms with van der Waals surface area (Å²) in [5, 5.41) is 9.01. The number of amides is 1. The highest BCUT2D eigenvalue weighted by Gasteiger charge is 2.11. The van der Waals surface area contributed by atoms with E-state index in [0.717, 1.165) is 5.56 Å². The van der Waals surface area contributed by atoms with Crippen molar-refractivity contribution >= 4 is 21.8 Å². The maximum absolute atomic E-state index is 12.7. The van der Waals surface area contributed by atoms with Gasteiger partial charge in [0.2, 0.25) is 0 Å². The van der Waals surface area contributed by atoms with Gasteiger partial charge in [-0.3, -0.25) is 9.89 Å². The van der Waals surface area contributed by atoms with E-state index in [9.17, 15) is 9.18 Å². The van der Waals surface area contributed by atoms with Crippen molar-refractivity contribution in [3.8, 4) is 0 Å². The average molecular weight is 298 g/mol. The van der Waals surface area contributed by atoms with Crippen molar-refractivity contribution in [1.29, 1.82) is 0 Å². The fourth-order valence-corrected chi connectivity index (χ4v) is 1.67. The number of carbonyl (C=O) groups is 1. The first-order chi connectivity index (χ1) is 8.16. The molecule has 0 bridgehead atoms. The zero-order valence-corrected chi connectivity index (χ0v) is 10.3. The number of aromatic amines is 1. The van der Waals surface area contributed by atoms with Gasteiger partial charge in [0.25, 0.3) is 5.91 Å². The lowest BCUT2D eigenvalue weighted by atomic mass is 10.2. The highest BCUT2D eigenvalue weighted by atomic mass is 79.9. The van der Waals surface area contributed by atoms with Gasteiger partial charge in [-0.15, -0.1) is 0 Å². The van der Waals surface area contributed by atoms with Crippen LogP contribution in [0.15, 0.2) is 34.9 Å². The molecule has 6 heteroatoms. The number of rotatable bonds is 3. The van der Waals surface area contributed by atoms with Crippen molar-refractivity contribution in [1.82, 2.24) is 15.5 Å². The molecule has 2 aromatic rings. The Hall–Kier alpha value is -1.69. The van der Waals surface area contributed by atoms with E-state index >= 15 is 0 Å². The molecule has 2 rings (SSSR count). The summed E-state index contributed by atoms with van der Waals surface area (Å²) >= 11 is 3.20. The first-order valence-electron chi connectivity index (χ1n) is 4.88. The zero-order chi connectivity index (χ0) is 12.3. The molecular formula is C11H9BrFN3O. The summed E-state index contributed by atoms with van der Waals surface area (Å²) in [6.07, 6.45) is 1.51. The molecule has 1 amide bonds. The SMILES string of the molecule is O=C(NCc1ccc(F)cc1)c1[nH]ncc1Br. The van der Waals surface area contributed by atoms with E-state index in [0.29, 0.717) is 16.7 Å². The number of nitrogens with zero attached hydrogens (tertiary/aromatic N) is 1. The normalized spacial score (nSPS) is 10.2. The smallest absolute Gasteiger partial charge is 0.270 e. The van der Waals surface area contributed by atoms with Gasteiger partial charge in [-0.2, -0.15) is 5.10 Å². The molecule has 17 heavy (non-hydrogen) atoms. The summed E-state index contributed by atoms with van der Waals surface area (Å²) in [5.74, 6) is -0.560. The minimum Gasteiger partial charge on any atom is -0.347 e. The van der Waals surface area contributed by atoms with Crippen molar-refractivity contribution in [3.63, 3.8) is 0 Å². The molecule has 0 unspecified atom stereocenters. The number of hydrogen-bond acceptors (Lipinski definition) is 2. The lowest BCUT2D eigenvalue weighted by molar-refractivity contribution is 0.0945. The molecular weight excluding hydrogens is 289 g/mol. The second kappa shape index (κ2) is 5.09. The van der Waals surface area contributed by atoms with Crippen LogP contribution in [0.4, 0.5) is 4.39 Å². The third-order valence-corrected chi connectivity index (χ3v) is 2.79. The third kappa shape index (κ3) is 2.91. The van der Waals surface area contributed by atoms with E-state index in [1.165, 1.54) is 18.3 Å². The predicted molar refractivity (Wildman–Crippen MR) is 63.9 cm³/mol. The summed E-state index contributed by atoms with van der Waals surface area (Å²) < 4.78 is 13.3. The Labute approximate surface area is 105 Å². The molecule has 0 saturated heterocycles. The van der Waals surface area contributed by atoms with Gasteiger partial charge in [0.1, 0.15) is 11.5 Å². The highest BCUT2D eigenvalue weighted by molar-refractivity contribution is 9.10. The first-order valence-corrected chi connectivity index (χ1v) is 5.67. The van der Waals surface area contributed by atoms with E-state index < -0.39 is 0 Å². The number of nitrogens with one attached hydrogen (secondary N) is 2. The molecule has 0 radical (unpaired) electrons. The van der Waals surface area contributed by atoms with Crippen LogP contribution in [0, 0.1) is 5.82 Å². The molecule has 4 nitrogen and oxygen atoms in total. The molecule has 0 aliphatic rings. The van der Waals surface area contributed by atoms with Gasteiger partial charge >= 0.3 is 0 Å². The fourth-order valence-electron chi connectivity index (χ4n) is 1.30. The van der Waals surface area contributed by atoms with E-state index in [4.69, 9.17) is 0 Å². The summed E-state index contributed by atoms with van der Waals surface area (Å²) in [6.45, 7) is 0.338. The van der Waals surface area contributed by atoms with Crippen LogP contribution in [0.1, 0.15) is 16.1 Å². The van der Waals surface area contributed by atoms with Crippen molar-refractivity contribution in [2.24, 2.45) is 0 Å². The Morgan fingerprint density at radius 2 is 2.12 bits per heavy atom. The van der Waals surface area contributed by atoms with Crippen LogP contribution < -0.4 is 5.32 Å². The van der Waals surface area contributed by atoms with Crippen LogP contribution in [-0.2, 0) is 6.54 Å². The standard InChI is InChI=1S/C11H9BrFN3O/c12-9-6-15-16-10(9)11(17)14-5-7-1-3-8(13)4-2-7/h1-4,6H,5H2,(H,14,17)(H,15,16). The Morgan fingerprint density at radius 3 is 2.71 bits per heavy atom. The van der Waals surface area contributed by atoms with Crippen LogP contribution in [-0.4, -0.2) is 16.1 Å². The fraction of sp³-hybridized carbons (Fsp3) is 0.0909.